The topological polar surface area (TPSA) is 110 Å². The van der Waals surface area contributed by atoms with Crippen LogP contribution in [0.4, 0.5) is 11.4 Å². The molecule has 0 radical (unpaired) electrons. The van der Waals surface area contributed by atoms with Gasteiger partial charge in [0.05, 0.1) is 29.2 Å². The molecule has 10 heteroatoms. The molecule has 3 rings (SSSR count). The van der Waals surface area contributed by atoms with Crippen LogP contribution in [0.15, 0.2) is 18.2 Å². The lowest BCUT2D eigenvalue weighted by atomic mass is 10.1. The quantitative estimate of drug-likeness (QED) is 0.669. The molecule has 29 heavy (non-hydrogen) atoms. The number of likely N-dealkylation sites (tertiary alicyclic amines) is 1. The Hall–Kier alpha value is -2.33. The van der Waals surface area contributed by atoms with Crippen molar-refractivity contribution < 1.29 is 23.1 Å². The second-order valence-electron chi connectivity index (χ2n) is 7.39. The smallest absolute Gasteiger partial charge is 0.335 e. The summed E-state index contributed by atoms with van der Waals surface area (Å²) in [5, 5.41) is 9.24. The molecule has 2 aliphatic rings. The zero-order valence-corrected chi connectivity index (χ0v) is 17.4. The summed E-state index contributed by atoms with van der Waals surface area (Å²) >= 11 is 0. The number of piperazine rings is 1. The van der Waals surface area contributed by atoms with Gasteiger partial charge < -0.3 is 14.9 Å². The maximum Gasteiger partial charge on any atom is 0.335 e. The zero-order chi connectivity index (χ0) is 21.0. The summed E-state index contributed by atoms with van der Waals surface area (Å²) in [6.45, 7) is 6.23. The highest BCUT2D eigenvalue weighted by atomic mass is 32.2. The van der Waals surface area contributed by atoms with E-state index in [1.165, 1.54) is 19.1 Å². The van der Waals surface area contributed by atoms with Crippen molar-refractivity contribution in [3.8, 4) is 0 Å². The van der Waals surface area contributed by atoms with Gasteiger partial charge in [0, 0.05) is 39.3 Å². The average Bonchev–Trinajstić information content (AvgIpc) is 3.23. The molecule has 0 aliphatic carbocycles. The van der Waals surface area contributed by atoms with Gasteiger partial charge in [-0.25, -0.2) is 13.2 Å². The number of amides is 1. The predicted octanol–water partition coefficient (Wildman–Crippen LogP) is 0.891. The number of carbonyl (C=O) groups is 2. The van der Waals surface area contributed by atoms with Gasteiger partial charge in [-0.2, -0.15) is 0 Å². The molecule has 0 unspecified atom stereocenters. The molecule has 0 spiro atoms. The first-order chi connectivity index (χ1) is 13.8. The minimum atomic E-state index is -3.54. The van der Waals surface area contributed by atoms with Crippen molar-refractivity contribution in [1.29, 1.82) is 0 Å². The monoisotopic (exact) mass is 424 g/mol. The molecule has 0 aromatic heterocycles. The summed E-state index contributed by atoms with van der Waals surface area (Å²) in [5.41, 5.74) is 0.947. The van der Waals surface area contributed by atoms with Crippen LogP contribution >= 0.6 is 0 Å². The number of nitrogens with one attached hydrogen (secondary N) is 1. The van der Waals surface area contributed by atoms with E-state index >= 15 is 0 Å². The van der Waals surface area contributed by atoms with Gasteiger partial charge >= 0.3 is 5.97 Å². The van der Waals surface area contributed by atoms with Crippen LogP contribution in [0, 0.1) is 0 Å². The molecule has 1 aromatic rings. The molecule has 1 aromatic carbocycles. The van der Waals surface area contributed by atoms with Gasteiger partial charge in [0.15, 0.2) is 0 Å². The van der Waals surface area contributed by atoms with Crippen LogP contribution in [0.2, 0.25) is 0 Å². The number of hydrogen-bond acceptors (Lipinski definition) is 6. The summed E-state index contributed by atoms with van der Waals surface area (Å²) in [4.78, 5) is 29.7. The van der Waals surface area contributed by atoms with E-state index in [0.717, 1.165) is 25.9 Å². The maximum absolute atomic E-state index is 12.3. The van der Waals surface area contributed by atoms with Crippen molar-refractivity contribution in [2.24, 2.45) is 0 Å². The maximum atomic E-state index is 12.3. The first kappa shape index (κ1) is 21.4. The van der Waals surface area contributed by atoms with E-state index in [1.54, 1.807) is 6.07 Å². The fourth-order valence-corrected chi connectivity index (χ4v) is 4.31. The predicted molar refractivity (Wildman–Crippen MR) is 111 cm³/mol. The van der Waals surface area contributed by atoms with Crippen LogP contribution in [-0.4, -0.2) is 86.8 Å². The van der Waals surface area contributed by atoms with Crippen molar-refractivity contribution in [3.05, 3.63) is 23.8 Å². The summed E-state index contributed by atoms with van der Waals surface area (Å²) < 4.78 is 26.6. The van der Waals surface area contributed by atoms with Gasteiger partial charge in [-0.1, -0.05) is 0 Å². The lowest BCUT2D eigenvalue weighted by Crippen LogP contribution is -2.50. The number of benzene rings is 1. The fraction of sp³-hybridized carbons (Fsp3) is 0.579. The second kappa shape index (κ2) is 9.00. The lowest BCUT2D eigenvalue weighted by molar-refractivity contribution is -0.131. The Morgan fingerprint density at radius 2 is 1.72 bits per heavy atom. The molecule has 0 saturated carbocycles. The fourth-order valence-electron chi connectivity index (χ4n) is 3.67. The van der Waals surface area contributed by atoms with Crippen molar-refractivity contribution in [3.63, 3.8) is 0 Å². The normalized spacial score (nSPS) is 18.1. The second-order valence-corrected chi connectivity index (χ2v) is 9.40. The Morgan fingerprint density at radius 3 is 2.31 bits per heavy atom. The molecule has 2 saturated heterocycles. The standard InChI is InChI=1S/C19H28N4O5S/c1-2-29(27,28)20-16-13-15(19(25)26)5-6-17(16)22-11-9-21(10-12-22)14-18(24)23-7-3-4-8-23/h5-6,13,20H,2-4,7-12,14H2,1H3,(H,25,26). The Bertz CT molecular complexity index is 859. The van der Waals surface area contributed by atoms with Gasteiger partial charge in [-0.05, 0) is 38.0 Å². The minimum absolute atomic E-state index is 0.0254. The molecule has 0 atom stereocenters. The molecule has 0 bridgehead atoms. The average molecular weight is 425 g/mol. The third-order valence-electron chi connectivity index (χ3n) is 5.42. The highest BCUT2D eigenvalue weighted by molar-refractivity contribution is 7.92. The molecular weight excluding hydrogens is 396 g/mol. The van der Waals surface area contributed by atoms with Crippen LogP contribution in [0.25, 0.3) is 0 Å². The van der Waals surface area contributed by atoms with Gasteiger partial charge in [0.1, 0.15) is 0 Å². The molecule has 2 N–H and O–H groups in total. The van der Waals surface area contributed by atoms with Gasteiger partial charge in [-0.3, -0.25) is 14.4 Å². The summed E-state index contributed by atoms with van der Waals surface area (Å²) in [6.07, 6.45) is 2.14. The largest absolute Gasteiger partial charge is 0.478 e. The van der Waals surface area contributed by atoms with E-state index < -0.39 is 16.0 Å². The summed E-state index contributed by atoms with van der Waals surface area (Å²) in [6, 6.07) is 4.47. The molecule has 1 amide bonds. The third-order valence-corrected chi connectivity index (χ3v) is 6.71. The van der Waals surface area contributed by atoms with E-state index in [4.69, 9.17) is 0 Å². The van der Waals surface area contributed by atoms with Crippen LogP contribution in [0.5, 0.6) is 0 Å². The van der Waals surface area contributed by atoms with Crippen molar-refractivity contribution in [2.45, 2.75) is 19.8 Å². The molecule has 9 nitrogen and oxygen atoms in total. The number of anilines is 2. The van der Waals surface area contributed by atoms with Gasteiger partial charge in [-0.15, -0.1) is 0 Å². The lowest BCUT2D eigenvalue weighted by Gasteiger charge is -2.37. The minimum Gasteiger partial charge on any atom is -0.478 e. The molecule has 2 fully saturated rings. The number of rotatable bonds is 7. The van der Waals surface area contributed by atoms with Crippen LogP contribution < -0.4 is 9.62 Å². The van der Waals surface area contributed by atoms with Crippen LogP contribution in [0.1, 0.15) is 30.1 Å². The third kappa shape index (κ3) is 5.39. The van der Waals surface area contributed by atoms with Crippen LogP contribution in [0.3, 0.4) is 0 Å². The molecule has 2 aliphatic heterocycles. The number of sulfonamides is 1. The summed E-state index contributed by atoms with van der Waals surface area (Å²) in [7, 11) is -3.54. The van der Waals surface area contributed by atoms with Crippen molar-refractivity contribution >= 4 is 33.3 Å². The number of carbonyl (C=O) groups excluding carboxylic acids is 1. The number of carboxylic acids is 1. The first-order valence-electron chi connectivity index (χ1n) is 9.92. The Labute approximate surface area is 171 Å². The highest BCUT2D eigenvalue weighted by Gasteiger charge is 2.25. The SMILES string of the molecule is CCS(=O)(=O)Nc1cc(C(=O)O)ccc1N1CCN(CC(=O)N2CCCC2)CC1. The number of carboxylic acid groups (broad SMARTS) is 1. The number of aromatic carboxylic acids is 1. The molecule has 160 valence electrons. The van der Waals surface area contributed by atoms with Crippen molar-refractivity contribution in [1.82, 2.24) is 9.80 Å². The van der Waals surface area contributed by atoms with E-state index in [0.29, 0.717) is 38.4 Å². The molecule has 2 heterocycles. The van der Waals surface area contributed by atoms with E-state index in [1.807, 2.05) is 9.80 Å². The van der Waals surface area contributed by atoms with E-state index in [9.17, 15) is 23.1 Å². The number of hydrogen-bond donors (Lipinski definition) is 2. The zero-order valence-electron chi connectivity index (χ0n) is 16.6. The van der Waals surface area contributed by atoms with Gasteiger partial charge in [0.2, 0.25) is 15.9 Å². The Morgan fingerprint density at radius 1 is 1.07 bits per heavy atom. The Kier molecular flexibility index (Phi) is 6.63. The summed E-state index contributed by atoms with van der Waals surface area (Å²) in [5.74, 6) is -1.05. The van der Waals surface area contributed by atoms with Crippen molar-refractivity contribution in [2.75, 3.05) is 61.2 Å². The van der Waals surface area contributed by atoms with Gasteiger partial charge in [0.25, 0.3) is 0 Å². The van der Waals surface area contributed by atoms with E-state index in [2.05, 4.69) is 9.62 Å². The van der Waals surface area contributed by atoms with E-state index in [-0.39, 0.29) is 22.9 Å². The van der Waals surface area contributed by atoms with Crippen LogP contribution in [-0.2, 0) is 14.8 Å². The molecular formula is C19H28N4O5S. The number of nitrogens with zero attached hydrogens (tertiary/aromatic N) is 3. The first-order valence-corrected chi connectivity index (χ1v) is 11.6. The highest BCUT2D eigenvalue weighted by Crippen LogP contribution is 2.29. The Balaban J connectivity index is 1.69.